The molecule has 2 rings (SSSR count). The van der Waals surface area contributed by atoms with Crippen molar-refractivity contribution in [1.29, 1.82) is 0 Å². The number of carbonyl (C=O) groups is 1. The van der Waals surface area contributed by atoms with E-state index < -0.39 is 5.97 Å². The van der Waals surface area contributed by atoms with Crippen molar-refractivity contribution in [3.8, 4) is 0 Å². The van der Waals surface area contributed by atoms with Gasteiger partial charge in [-0.25, -0.2) is 0 Å². The molecule has 0 radical (unpaired) electrons. The summed E-state index contributed by atoms with van der Waals surface area (Å²) in [6, 6.07) is 0. The third-order valence-corrected chi connectivity index (χ3v) is 4.45. The highest BCUT2D eigenvalue weighted by atomic mass is 16.4. The summed E-state index contributed by atoms with van der Waals surface area (Å²) in [6.07, 6.45) is 8.25. The molecule has 1 atom stereocenters. The van der Waals surface area contributed by atoms with Gasteiger partial charge in [0, 0.05) is 26.1 Å². The molecule has 3 heteroatoms. The highest BCUT2D eigenvalue weighted by Crippen LogP contribution is 2.43. The maximum atomic E-state index is 10.5. The van der Waals surface area contributed by atoms with Crippen LogP contribution in [-0.2, 0) is 4.79 Å². The molecule has 1 N–H and O–H groups in total. The largest absolute Gasteiger partial charge is 0.481 e. The van der Waals surface area contributed by atoms with Gasteiger partial charge < -0.3 is 10.0 Å². The van der Waals surface area contributed by atoms with Crippen LogP contribution in [0.25, 0.3) is 0 Å². The van der Waals surface area contributed by atoms with Gasteiger partial charge in [0.1, 0.15) is 0 Å². The van der Waals surface area contributed by atoms with Gasteiger partial charge in [0.2, 0.25) is 0 Å². The molecule has 0 bridgehead atoms. The maximum absolute atomic E-state index is 10.5. The lowest BCUT2D eigenvalue weighted by Crippen LogP contribution is -2.57. The number of hydrogen-bond donors (Lipinski definition) is 1. The molecule has 0 aromatic heterocycles. The summed E-state index contributed by atoms with van der Waals surface area (Å²) in [4.78, 5) is 13.0. The van der Waals surface area contributed by atoms with E-state index >= 15 is 0 Å². The average Bonchev–Trinajstić information content (AvgIpc) is 2.26. The second-order valence-corrected chi connectivity index (χ2v) is 6.27. The van der Waals surface area contributed by atoms with Crippen LogP contribution in [0.15, 0.2) is 0 Å². The van der Waals surface area contributed by atoms with E-state index in [-0.39, 0.29) is 0 Å². The van der Waals surface area contributed by atoms with Crippen LogP contribution in [0.2, 0.25) is 0 Å². The minimum absolute atomic E-state index is 0.320. The Bertz CT molecular complexity index is 263. The van der Waals surface area contributed by atoms with Gasteiger partial charge in [-0.15, -0.1) is 0 Å². The van der Waals surface area contributed by atoms with Gasteiger partial charge >= 0.3 is 5.97 Å². The summed E-state index contributed by atoms with van der Waals surface area (Å²) >= 11 is 0. The van der Waals surface area contributed by atoms with Crippen molar-refractivity contribution in [3.63, 3.8) is 0 Å². The topological polar surface area (TPSA) is 40.5 Å². The van der Waals surface area contributed by atoms with E-state index in [1.54, 1.807) is 0 Å². The van der Waals surface area contributed by atoms with E-state index in [2.05, 4.69) is 11.8 Å². The molecular formula is C14H25NO2. The summed E-state index contributed by atoms with van der Waals surface area (Å²) in [5.74, 6) is -0.142. The summed E-state index contributed by atoms with van der Waals surface area (Å²) in [5, 5.41) is 8.65. The molecule has 0 aromatic rings. The molecule has 1 aliphatic carbocycles. The minimum Gasteiger partial charge on any atom is -0.481 e. The molecule has 1 unspecified atom stereocenters. The standard InChI is InChI=1S/C14H25NO2/c1-12(5-6-13(16)17)9-15-10-14(11-15)7-3-2-4-8-14/h12H,2-11H2,1H3,(H,16,17). The first-order chi connectivity index (χ1) is 8.10. The van der Waals surface area contributed by atoms with Crippen LogP contribution in [-0.4, -0.2) is 35.6 Å². The van der Waals surface area contributed by atoms with E-state index in [4.69, 9.17) is 5.11 Å². The summed E-state index contributed by atoms with van der Waals surface area (Å²) < 4.78 is 0. The summed E-state index contributed by atoms with van der Waals surface area (Å²) in [7, 11) is 0. The van der Waals surface area contributed by atoms with Crippen molar-refractivity contribution < 1.29 is 9.90 Å². The maximum Gasteiger partial charge on any atom is 0.303 e. The van der Waals surface area contributed by atoms with Gasteiger partial charge in [0.25, 0.3) is 0 Å². The molecule has 98 valence electrons. The van der Waals surface area contributed by atoms with Crippen molar-refractivity contribution in [2.75, 3.05) is 19.6 Å². The zero-order valence-corrected chi connectivity index (χ0v) is 11.0. The molecule has 1 spiro atoms. The zero-order chi connectivity index (χ0) is 12.3. The van der Waals surface area contributed by atoms with Crippen LogP contribution in [0.1, 0.15) is 51.9 Å². The number of rotatable bonds is 5. The molecular weight excluding hydrogens is 214 g/mol. The number of nitrogens with zero attached hydrogens (tertiary/aromatic N) is 1. The van der Waals surface area contributed by atoms with Crippen LogP contribution in [0.5, 0.6) is 0 Å². The first kappa shape index (κ1) is 12.9. The molecule has 0 amide bonds. The third kappa shape index (κ3) is 3.44. The second-order valence-electron chi connectivity index (χ2n) is 6.27. The first-order valence-corrected chi connectivity index (χ1v) is 7.04. The normalized spacial score (nSPS) is 25.5. The van der Waals surface area contributed by atoms with Crippen LogP contribution in [0.3, 0.4) is 0 Å². The lowest BCUT2D eigenvalue weighted by atomic mass is 9.68. The average molecular weight is 239 g/mol. The lowest BCUT2D eigenvalue weighted by Gasteiger charge is -2.53. The van der Waals surface area contributed by atoms with Gasteiger partial charge in [-0.1, -0.05) is 26.2 Å². The van der Waals surface area contributed by atoms with E-state index in [0.29, 0.717) is 17.8 Å². The molecule has 1 heterocycles. The first-order valence-electron chi connectivity index (χ1n) is 7.04. The molecule has 1 saturated heterocycles. The van der Waals surface area contributed by atoms with E-state index in [1.807, 2.05) is 0 Å². The summed E-state index contributed by atoms with van der Waals surface area (Å²) in [5.41, 5.74) is 0.658. The minimum atomic E-state index is -0.663. The van der Waals surface area contributed by atoms with Crippen LogP contribution < -0.4 is 0 Å². The Morgan fingerprint density at radius 2 is 1.94 bits per heavy atom. The molecule has 2 fully saturated rings. The number of hydrogen-bond acceptors (Lipinski definition) is 2. The lowest BCUT2D eigenvalue weighted by molar-refractivity contribution is -0.137. The van der Waals surface area contributed by atoms with Gasteiger partial charge in [0.05, 0.1) is 0 Å². The van der Waals surface area contributed by atoms with Gasteiger partial charge in [0.15, 0.2) is 0 Å². The number of carboxylic acid groups (broad SMARTS) is 1. The fraction of sp³-hybridized carbons (Fsp3) is 0.929. The highest BCUT2D eigenvalue weighted by Gasteiger charge is 2.43. The quantitative estimate of drug-likeness (QED) is 0.802. The Balaban J connectivity index is 1.64. The number of likely N-dealkylation sites (tertiary alicyclic amines) is 1. The fourth-order valence-corrected chi connectivity index (χ4v) is 3.55. The zero-order valence-electron chi connectivity index (χ0n) is 11.0. The predicted molar refractivity (Wildman–Crippen MR) is 68.0 cm³/mol. The Hall–Kier alpha value is -0.570. The van der Waals surface area contributed by atoms with Crippen molar-refractivity contribution in [1.82, 2.24) is 4.90 Å². The predicted octanol–water partition coefficient (Wildman–Crippen LogP) is 2.75. The molecule has 17 heavy (non-hydrogen) atoms. The molecule has 3 nitrogen and oxygen atoms in total. The second kappa shape index (κ2) is 5.38. The molecule has 0 aromatic carbocycles. The van der Waals surface area contributed by atoms with Crippen molar-refractivity contribution in [2.45, 2.75) is 51.9 Å². The number of aliphatic carboxylic acids is 1. The van der Waals surface area contributed by atoms with E-state index in [1.165, 1.54) is 45.2 Å². The Morgan fingerprint density at radius 1 is 1.29 bits per heavy atom. The van der Waals surface area contributed by atoms with Crippen molar-refractivity contribution >= 4 is 5.97 Å². The molecule has 1 aliphatic heterocycles. The number of carboxylic acids is 1. The third-order valence-electron chi connectivity index (χ3n) is 4.45. The summed E-state index contributed by atoms with van der Waals surface area (Å²) in [6.45, 7) is 5.80. The van der Waals surface area contributed by atoms with E-state index in [0.717, 1.165) is 13.0 Å². The monoisotopic (exact) mass is 239 g/mol. The van der Waals surface area contributed by atoms with Gasteiger partial charge in [-0.2, -0.15) is 0 Å². The highest BCUT2D eigenvalue weighted by molar-refractivity contribution is 5.66. The van der Waals surface area contributed by atoms with Crippen molar-refractivity contribution in [2.24, 2.45) is 11.3 Å². The molecule has 2 aliphatic rings. The SMILES string of the molecule is CC(CCC(=O)O)CN1CC2(CCCCC2)C1. The van der Waals surface area contributed by atoms with Crippen LogP contribution in [0.4, 0.5) is 0 Å². The van der Waals surface area contributed by atoms with Crippen molar-refractivity contribution in [3.05, 3.63) is 0 Å². The Kier molecular flexibility index (Phi) is 4.08. The smallest absolute Gasteiger partial charge is 0.303 e. The van der Waals surface area contributed by atoms with Gasteiger partial charge in [-0.05, 0) is 30.6 Å². The Morgan fingerprint density at radius 3 is 2.53 bits per heavy atom. The van der Waals surface area contributed by atoms with Crippen LogP contribution >= 0.6 is 0 Å². The van der Waals surface area contributed by atoms with Crippen LogP contribution in [0, 0.1) is 11.3 Å². The van der Waals surface area contributed by atoms with Gasteiger partial charge in [-0.3, -0.25) is 4.79 Å². The fourth-order valence-electron chi connectivity index (χ4n) is 3.55. The van der Waals surface area contributed by atoms with E-state index in [9.17, 15) is 4.79 Å². The molecule has 1 saturated carbocycles. The Labute approximate surface area is 104 Å².